The smallest absolute Gasteiger partial charge is 0.343 e. The standard InChI is InChI=1S/C31H28N2O5/c1-4-7-22-12-16-28(29(18-22)36-3)37-20-30(34)33-32-19-26-25-9-6-5-8-23(25)15-17-27(26)38-31(35)24-13-10-21(2)11-14-24/h4-6,8-19H,1,7,20H2,2-3H3,(H,33,34). The zero-order valence-corrected chi connectivity index (χ0v) is 21.3. The molecule has 0 atom stereocenters. The van der Waals surface area contributed by atoms with E-state index in [4.69, 9.17) is 14.2 Å². The highest BCUT2D eigenvalue weighted by atomic mass is 16.5. The highest BCUT2D eigenvalue weighted by molar-refractivity contribution is 6.04. The zero-order chi connectivity index (χ0) is 26.9. The van der Waals surface area contributed by atoms with E-state index in [0.717, 1.165) is 21.9 Å². The minimum Gasteiger partial charge on any atom is -0.493 e. The van der Waals surface area contributed by atoms with Crippen LogP contribution in [0.25, 0.3) is 10.8 Å². The molecule has 4 rings (SSSR count). The summed E-state index contributed by atoms with van der Waals surface area (Å²) in [7, 11) is 1.54. The Kier molecular flexibility index (Phi) is 8.51. The van der Waals surface area contributed by atoms with Crippen molar-refractivity contribution in [2.45, 2.75) is 13.3 Å². The number of nitrogens with one attached hydrogen (secondary N) is 1. The van der Waals surface area contributed by atoms with Crippen LogP contribution in [-0.4, -0.2) is 31.8 Å². The van der Waals surface area contributed by atoms with Gasteiger partial charge in [0, 0.05) is 5.56 Å². The molecule has 0 aromatic heterocycles. The molecule has 0 saturated carbocycles. The van der Waals surface area contributed by atoms with Crippen LogP contribution >= 0.6 is 0 Å². The molecule has 0 spiro atoms. The van der Waals surface area contributed by atoms with Crippen molar-refractivity contribution in [3.05, 3.63) is 114 Å². The number of hydrazone groups is 1. The van der Waals surface area contributed by atoms with Crippen LogP contribution < -0.4 is 19.6 Å². The predicted molar refractivity (Wildman–Crippen MR) is 148 cm³/mol. The van der Waals surface area contributed by atoms with Gasteiger partial charge in [-0.3, -0.25) is 4.79 Å². The third kappa shape index (κ3) is 6.44. The van der Waals surface area contributed by atoms with E-state index < -0.39 is 11.9 Å². The number of ether oxygens (including phenoxy) is 3. The quantitative estimate of drug-likeness (QED) is 0.0986. The predicted octanol–water partition coefficient (Wildman–Crippen LogP) is 5.63. The van der Waals surface area contributed by atoms with Crippen LogP contribution in [0.1, 0.15) is 27.0 Å². The maximum absolute atomic E-state index is 12.8. The van der Waals surface area contributed by atoms with E-state index >= 15 is 0 Å². The fourth-order valence-electron chi connectivity index (χ4n) is 3.82. The lowest BCUT2D eigenvalue weighted by Gasteiger charge is -2.12. The van der Waals surface area contributed by atoms with Crippen molar-refractivity contribution in [1.29, 1.82) is 0 Å². The van der Waals surface area contributed by atoms with Crippen molar-refractivity contribution >= 4 is 28.9 Å². The molecule has 1 N–H and O–H groups in total. The summed E-state index contributed by atoms with van der Waals surface area (Å²) < 4.78 is 16.7. The van der Waals surface area contributed by atoms with E-state index in [2.05, 4.69) is 17.1 Å². The number of hydrogen-bond donors (Lipinski definition) is 1. The SMILES string of the molecule is C=CCc1ccc(OCC(=O)NN=Cc2c(OC(=O)c3ccc(C)cc3)ccc3ccccc23)c(OC)c1. The van der Waals surface area contributed by atoms with Gasteiger partial charge in [-0.25, -0.2) is 10.2 Å². The molecule has 0 bridgehead atoms. The highest BCUT2D eigenvalue weighted by Crippen LogP contribution is 2.29. The first kappa shape index (κ1) is 26.2. The van der Waals surface area contributed by atoms with Crippen LogP contribution in [-0.2, 0) is 11.2 Å². The van der Waals surface area contributed by atoms with Crippen molar-refractivity contribution in [2.75, 3.05) is 13.7 Å². The van der Waals surface area contributed by atoms with Gasteiger partial charge in [0.15, 0.2) is 18.1 Å². The first-order valence-electron chi connectivity index (χ1n) is 12.0. The number of aryl methyl sites for hydroxylation is 1. The number of allylic oxidation sites excluding steroid dienone is 1. The Morgan fingerprint density at radius 1 is 0.947 bits per heavy atom. The molecule has 0 aliphatic heterocycles. The Morgan fingerprint density at radius 3 is 2.47 bits per heavy atom. The van der Waals surface area contributed by atoms with Crippen LogP contribution in [0.5, 0.6) is 17.2 Å². The number of rotatable bonds is 10. The summed E-state index contributed by atoms with van der Waals surface area (Å²) in [6.07, 6.45) is 3.95. The molecule has 7 nitrogen and oxygen atoms in total. The van der Waals surface area contributed by atoms with E-state index in [0.29, 0.717) is 34.8 Å². The number of carbonyl (C=O) groups is 2. The Bertz CT molecular complexity index is 1490. The lowest BCUT2D eigenvalue weighted by atomic mass is 10.0. The number of methoxy groups -OCH3 is 1. The normalized spacial score (nSPS) is 10.8. The van der Waals surface area contributed by atoms with Crippen LogP contribution in [0.2, 0.25) is 0 Å². The number of amides is 1. The number of carbonyl (C=O) groups excluding carboxylic acids is 2. The Hall–Kier alpha value is -4.91. The second-order valence-electron chi connectivity index (χ2n) is 8.51. The first-order chi connectivity index (χ1) is 18.5. The average Bonchev–Trinajstić information content (AvgIpc) is 2.93. The number of hydrogen-bond acceptors (Lipinski definition) is 6. The van der Waals surface area contributed by atoms with Crippen molar-refractivity contribution in [2.24, 2.45) is 5.10 Å². The topological polar surface area (TPSA) is 86.2 Å². The van der Waals surface area contributed by atoms with Gasteiger partial charge in [0.2, 0.25) is 0 Å². The second kappa shape index (κ2) is 12.4. The van der Waals surface area contributed by atoms with E-state index in [1.54, 1.807) is 30.3 Å². The van der Waals surface area contributed by atoms with E-state index in [9.17, 15) is 9.59 Å². The van der Waals surface area contributed by atoms with Crippen LogP contribution in [0, 0.1) is 6.92 Å². The molecule has 4 aromatic carbocycles. The molecule has 0 saturated heterocycles. The van der Waals surface area contributed by atoms with Gasteiger partial charge in [-0.2, -0.15) is 5.10 Å². The van der Waals surface area contributed by atoms with Gasteiger partial charge in [0.1, 0.15) is 5.75 Å². The minimum atomic E-state index is -0.486. The Labute approximate surface area is 221 Å². The fourth-order valence-corrected chi connectivity index (χ4v) is 3.82. The molecule has 0 radical (unpaired) electrons. The molecule has 38 heavy (non-hydrogen) atoms. The Morgan fingerprint density at radius 2 is 1.71 bits per heavy atom. The van der Waals surface area contributed by atoms with Gasteiger partial charge in [0.25, 0.3) is 5.91 Å². The third-order valence-electron chi connectivity index (χ3n) is 5.77. The van der Waals surface area contributed by atoms with Gasteiger partial charge < -0.3 is 14.2 Å². The summed E-state index contributed by atoms with van der Waals surface area (Å²) in [4.78, 5) is 25.2. The molecule has 0 aliphatic rings. The van der Waals surface area contributed by atoms with Gasteiger partial charge in [-0.15, -0.1) is 6.58 Å². The van der Waals surface area contributed by atoms with Crippen LogP contribution in [0.4, 0.5) is 0 Å². The van der Waals surface area contributed by atoms with E-state index in [-0.39, 0.29) is 6.61 Å². The molecule has 0 aliphatic carbocycles. The zero-order valence-electron chi connectivity index (χ0n) is 21.3. The van der Waals surface area contributed by atoms with Gasteiger partial charge in [0.05, 0.1) is 18.9 Å². The molecule has 0 fully saturated rings. The fraction of sp³-hybridized carbons (Fsp3) is 0.129. The largest absolute Gasteiger partial charge is 0.493 e. The van der Waals surface area contributed by atoms with Crippen molar-refractivity contribution in [3.63, 3.8) is 0 Å². The summed E-state index contributed by atoms with van der Waals surface area (Å²) in [6, 6.07) is 23.8. The van der Waals surface area contributed by atoms with E-state index in [1.807, 2.05) is 61.5 Å². The van der Waals surface area contributed by atoms with Crippen LogP contribution in [0.15, 0.2) is 96.6 Å². The number of esters is 1. The van der Waals surface area contributed by atoms with Crippen LogP contribution in [0.3, 0.4) is 0 Å². The Balaban J connectivity index is 1.47. The molecule has 0 heterocycles. The monoisotopic (exact) mass is 508 g/mol. The summed E-state index contributed by atoms with van der Waals surface area (Å²) in [5.41, 5.74) is 5.52. The molecular weight excluding hydrogens is 480 g/mol. The first-order valence-corrected chi connectivity index (χ1v) is 12.0. The van der Waals surface area contributed by atoms with Gasteiger partial charge >= 0.3 is 5.97 Å². The number of fused-ring (bicyclic) bond motifs is 1. The summed E-state index contributed by atoms with van der Waals surface area (Å²) in [5.74, 6) is 0.348. The van der Waals surface area contributed by atoms with Crippen molar-refractivity contribution < 1.29 is 23.8 Å². The number of benzene rings is 4. The third-order valence-corrected chi connectivity index (χ3v) is 5.77. The summed E-state index contributed by atoms with van der Waals surface area (Å²) >= 11 is 0. The molecule has 7 heteroatoms. The molecule has 192 valence electrons. The maximum Gasteiger partial charge on any atom is 0.343 e. The summed E-state index contributed by atoms with van der Waals surface area (Å²) in [6.45, 7) is 5.42. The minimum absolute atomic E-state index is 0.265. The lowest BCUT2D eigenvalue weighted by Crippen LogP contribution is -2.24. The maximum atomic E-state index is 12.8. The van der Waals surface area contributed by atoms with Gasteiger partial charge in [-0.05, 0) is 60.0 Å². The highest BCUT2D eigenvalue weighted by Gasteiger charge is 2.14. The average molecular weight is 509 g/mol. The molecular formula is C31H28N2O5. The van der Waals surface area contributed by atoms with Gasteiger partial charge in [-0.1, -0.05) is 60.2 Å². The molecule has 1 amide bonds. The second-order valence-corrected chi connectivity index (χ2v) is 8.51. The lowest BCUT2D eigenvalue weighted by molar-refractivity contribution is -0.123. The molecule has 0 unspecified atom stereocenters. The van der Waals surface area contributed by atoms with E-state index in [1.165, 1.54) is 13.3 Å². The molecule has 4 aromatic rings. The van der Waals surface area contributed by atoms with Crippen molar-refractivity contribution in [1.82, 2.24) is 5.43 Å². The van der Waals surface area contributed by atoms with Crippen molar-refractivity contribution in [3.8, 4) is 17.2 Å². The number of nitrogens with zero attached hydrogens (tertiary/aromatic N) is 1. The summed E-state index contributed by atoms with van der Waals surface area (Å²) in [5, 5.41) is 5.85.